The molecule has 1 N–H and O–H groups in total. The Morgan fingerprint density at radius 3 is 2.88 bits per heavy atom. The molecule has 1 aromatic rings. The van der Waals surface area contributed by atoms with Crippen LogP contribution in [0.3, 0.4) is 0 Å². The topological polar surface area (TPSA) is 72.6 Å². The third kappa shape index (κ3) is 3.06. The van der Waals surface area contributed by atoms with Gasteiger partial charge in [-0.2, -0.15) is 0 Å². The summed E-state index contributed by atoms with van der Waals surface area (Å²) in [4.78, 5) is 10.2. The van der Waals surface area contributed by atoms with E-state index < -0.39 is 4.92 Å². The largest absolute Gasteiger partial charge is 0.486 e. The fourth-order valence-corrected chi connectivity index (χ4v) is 1.18. The molecule has 0 aliphatic heterocycles. The predicted molar refractivity (Wildman–Crippen MR) is 59.3 cm³/mol. The van der Waals surface area contributed by atoms with Crippen LogP contribution in [0.1, 0.15) is 12.0 Å². The maximum absolute atomic E-state index is 10.7. The van der Waals surface area contributed by atoms with Gasteiger partial charge in [-0.1, -0.05) is 6.08 Å². The van der Waals surface area contributed by atoms with Gasteiger partial charge in [-0.3, -0.25) is 10.1 Å². The highest BCUT2D eigenvalue weighted by atomic mass is 16.6. The average molecular weight is 223 g/mol. The lowest BCUT2D eigenvalue weighted by molar-refractivity contribution is -0.385. The standard InChI is InChI=1S/C11H13NO4/c1-2-3-6-16-11-7-9(8-13)4-5-10(11)12(14)15/h2,4-5,7,13H,1,3,6,8H2. The van der Waals surface area contributed by atoms with Crippen molar-refractivity contribution in [3.05, 3.63) is 46.5 Å². The highest BCUT2D eigenvalue weighted by Crippen LogP contribution is 2.28. The molecule has 16 heavy (non-hydrogen) atoms. The Balaban J connectivity index is 2.91. The minimum absolute atomic E-state index is 0.0961. The molecule has 0 saturated heterocycles. The van der Waals surface area contributed by atoms with Crippen LogP contribution in [-0.2, 0) is 6.61 Å². The van der Waals surface area contributed by atoms with E-state index in [4.69, 9.17) is 9.84 Å². The second kappa shape index (κ2) is 5.87. The molecular weight excluding hydrogens is 210 g/mol. The second-order valence-electron chi connectivity index (χ2n) is 3.14. The van der Waals surface area contributed by atoms with Crippen LogP contribution in [-0.4, -0.2) is 16.6 Å². The average Bonchev–Trinajstić information content (AvgIpc) is 2.29. The zero-order chi connectivity index (χ0) is 12.0. The number of aliphatic hydroxyl groups is 1. The van der Waals surface area contributed by atoms with Crippen LogP contribution in [0, 0.1) is 10.1 Å². The van der Waals surface area contributed by atoms with Crippen molar-refractivity contribution in [1.82, 2.24) is 0 Å². The molecule has 0 atom stereocenters. The summed E-state index contributed by atoms with van der Waals surface area (Å²) >= 11 is 0. The number of nitrogens with zero attached hydrogens (tertiary/aromatic N) is 1. The molecule has 0 spiro atoms. The van der Waals surface area contributed by atoms with Crippen LogP contribution in [0.15, 0.2) is 30.9 Å². The van der Waals surface area contributed by atoms with E-state index in [2.05, 4.69) is 6.58 Å². The van der Waals surface area contributed by atoms with Gasteiger partial charge in [0.2, 0.25) is 0 Å². The van der Waals surface area contributed by atoms with Gasteiger partial charge in [-0.15, -0.1) is 6.58 Å². The lowest BCUT2D eigenvalue weighted by Crippen LogP contribution is -2.00. The third-order valence-electron chi connectivity index (χ3n) is 1.98. The molecule has 0 heterocycles. The van der Waals surface area contributed by atoms with Crippen molar-refractivity contribution in [2.75, 3.05) is 6.61 Å². The van der Waals surface area contributed by atoms with Crippen molar-refractivity contribution in [2.45, 2.75) is 13.0 Å². The van der Waals surface area contributed by atoms with Crippen LogP contribution in [0.5, 0.6) is 5.75 Å². The molecule has 1 rings (SSSR count). The smallest absolute Gasteiger partial charge is 0.310 e. The zero-order valence-corrected chi connectivity index (χ0v) is 8.76. The Hall–Kier alpha value is -1.88. The van der Waals surface area contributed by atoms with Crippen molar-refractivity contribution in [3.8, 4) is 5.75 Å². The van der Waals surface area contributed by atoms with E-state index in [1.807, 2.05) is 0 Å². The van der Waals surface area contributed by atoms with Crippen LogP contribution in [0.2, 0.25) is 0 Å². The van der Waals surface area contributed by atoms with E-state index >= 15 is 0 Å². The number of nitro benzene ring substituents is 1. The Morgan fingerprint density at radius 1 is 1.56 bits per heavy atom. The van der Waals surface area contributed by atoms with Gasteiger partial charge in [0, 0.05) is 6.07 Å². The monoisotopic (exact) mass is 223 g/mol. The molecule has 0 radical (unpaired) electrons. The SMILES string of the molecule is C=CCCOc1cc(CO)ccc1[N+](=O)[O-]. The summed E-state index contributed by atoms with van der Waals surface area (Å²) in [5.74, 6) is 0.179. The van der Waals surface area contributed by atoms with Gasteiger partial charge in [0.05, 0.1) is 18.1 Å². The first-order chi connectivity index (χ1) is 7.69. The molecule has 0 bridgehead atoms. The first-order valence-electron chi connectivity index (χ1n) is 4.81. The van der Waals surface area contributed by atoms with Gasteiger partial charge in [0.15, 0.2) is 5.75 Å². The van der Waals surface area contributed by atoms with Crippen LogP contribution in [0.4, 0.5) is 5.69 Å². The van der Waals surface area contributed by atoms with Crippen molar-refractivity contribution in [3.63, 3.8) is 0 Å². The van der Waals surface area contributed by atoms with E-state index in [0.717, 1.165) is 0 Å². The maximum atomic E-state index is 10.7. The number of nitro groups is 1. The predicted octanol–water partition coefficient (Wildman–Crippen LogP) is 2.04. The van der Waals surface area contributed by atoms with Crippen molar-refractivity contribution < 1.29 is 14.8 Å². The Labute approximate surface area is 93.1 Å². The first kappa shape index (κ1) is 12.2. The fraction of sp³-hybridized carbons (Fsp3) is 0.273. The van der Waals surface area contributed by atoms with Crippen LogP contribution >= 0.6 is 0 Å². The van der Waals surface area contributed by atoms with Crippen molar-refractivity contribution in [1.29, 1.82) is 0 Å². The highest BCUT2D eigenvalue weighted by molar-refractivity contribution is 5.48. The number of benzene rings is 1. The van der Waals surface area contributed by atoms with E-state index in [1.165, 1.54) is 18.2 Å². The molecule has 0 saturated carbocycles. The normalized spacial score (nSPS) is 9.81. The third-order valence-corrected chi connectivity index (χ3v) is 1.98. The number of hydrogen-bond acceptors (Lipinski definition) is 4. The zero-order valence-electron chi connectivity index (χ0n) is 8.76. The fourth-order valence-electron chi connectivity index (χ4n) is 1.18. The number of aliphatic hydroxyl groups excluding tert-OH is 1. The molecule has 0 fully saturated rings. The van der Waals surface area contributed by atoms with Gasteiger partial charge in [0.1, 0.15) is 0 Å². The second-order valence-corrected chi connectivity index (χ2v) is 3.14. The first-order valence-corrected chi connectivity index (χ1v) is 4.81. The number of rotatable bonds is 6. The van der Waals surface area contributed by atoms with Gasteiger partial charge in [-0.25, -0.2) is 0 Å². The molecule has 5 heteroatoms. The summed E-state index contributed by atoms with van der Waals surface area (Å²) in [6, 6.07) is 4.30. The summed E-state index contributed by atoms with van der Waals surface area (Å²) in [5.41, 5.74) is 0.487. The summed E-state index contributed by atoms with van der Waals surface area (Å²) < 4.78 is 5.26. The molecule has 0 aliphatic carbocycles. The Kier molecular flexibility index (Phi) is 4.47. The molecule has 86 valence electrons. The van der Waals surface area contributed by atoms with Crippen LogP contribution < -0.4 is 4.74 Å². The molecule has 0 amide bonds. The summed E-state index contributed by atoms with van der Waals surface area (Å²) in [6.07, 6.45) is 2.28. The van der Waals surface area contributed by atoms with Crippen molar-refractivity contribution >= 4 is 5.69 Å². The van der Waals surface area contributed by atoms with E-state index in [-0.39, 0.29) is 18.0 Å². The summed E-state index contributed by atoms with van der Waals surface area (Å²) in [5, 5.41) is 19.6. The summed E-state index contributed by atoms with van der Waals surface area (Å²) in [6.45, 7) is 3.69. The molecule has 5 nitrogen and oxygen atoms in total. The lowest BCUT2D eigenvalue weighted by atomic mass is 10.2. The maximum Gasteiger partial charge on any atom is 0.310 e. The number of hydrogen-bond donors (Lipinski definition) is 1. The van der Waals surface area contributed by atoms with E-state index in [0.29, 0.717) is 18.6 Å². The van der Waals surface area contributed by atoms with Crippen molar-refractivity contribution in [2.24, 2.45) is 0 Å². The molecule has 1 aromatic carbocycles. The highest BCUT2D eigenvalue weighted by Gasteiger charge is 2.15. The lowest BCUT2D eigenvalue weighted by Gasteiger charge is -2.06. The Morgan fingerprint density at radius 2 is 2.31 bits per heavy atom. The van der Waals surface area contributed by atoms with Gasteiger partial charge >= 0.3 is 5.69 Å². The Bertz CT molecular complexity index is 390. The molecule has 0 aliphatic rings. The van der Waals surface area contributed by atoms with E-state index in [1.54, 1.807) is 6.08 Å². The minimum Gasteiger partial charge on any atom is -0.486 e. The van der Waals surface area contributed by atoms with Gasteiger partial charge in [-0.05, 0) is 24.1 Å². The van der Waals surface area contributed by atoms with Crippen LogP contribution in [0.25, 0.3) is 0 Å². The number of ether oxygens (including phenoxy) is 1. The van der Waals surface area contributed by atoms with Gasteiger partial charge in [0.25, 0.3) is 0 Å². The van der Waals surface area contributed by atoms with E-state index in [9.17, 15) is 10.1 Å². The molecular formula is C11H13NO4. The van der Waals surface area contributed by atoms with Gasteiger partial charge < -0.3 is 9.84 Å². The molecule has 0 unspecified atom stereocenters. The minimum atomic E-state index is -0.510. The molecule has 0 aromatic heterocycles. The quantitative estimate of drug-likeness (QED) is 0.346. The summed E-state index contributed by atoms with van der Waals surface area (Å²) in [7, 11) is 0.